The van der Waals surface area contributed by atoms with Crippen molar-refractivity contribution in [1.82, 2.24) is 9.99 Å². The molecule has 0 saturated heterocycles. The molecular weight excluding hydrogens is 360 g/mol. The topological polar surface area (TPSA) is 98.8 Å². The van der Waals surface area contributed by atoms with Crippen LogP contribution in [0, 0.1) is 17.0 Å². The van der Waals surface area contributed by atoms with Crippen LogP contribution in [0.5, 0.6) is 5.75 Å². The van der Waals surface area contributed by atoms with Crippen molar-refractivity contribution < 1.29 is 14.5 Å². The Hall–Kier alpha value is -3.68. The quantitative estimate of drug-likeness (QED) is 0.401. The first-order valence-electron chi connectivity index (χ1n) is 8.71. The number of nitro benzene ring substituents is 1. The van der Waals surface area contributed by atoms with Gasteiger partial charge in [0.25, 0.3) is 11.6 Å². The van der Waals surface area contributed by atoms with Gasteiger partial charge in [-0.3, -0.25) is 14.9 Å². The zero-order valence-corrected chi connectivity index (χ0v) is 15.8. The molecule has 1 aromatic heterocycles. The number of hydrazone groups is 1. The summed E-state index contributed by atoms with van der Waals surface area (Å²) in [6.45, 7) is 4.88. The molecule has 3 aromatic rings. The van der Waals surface area contributed by atoms with Gasteiger partial charge in [0.15, 0.2) is 0 Å². The van der Waals surface area contributed by atoms with Gasteiger partial charge >= 0.3 is 0 Å². The Morgan fingerprint density at radius 2 is 2.07 bits per heavy atom. The summed E-state index contributed by atoms with van der Waals surface area (Å²) in [5.74, 6) is -0.356. The summed E-state index contributed by atoms with van der Waals surface area (Å²) >= 11 is 0. The van der Waals surface area contributed by atoms with Crippen molar-refractivity contribution >= 4 is 28.7 Å². The predicted molar refractivity (Wildman–Crippen MR) is 107 cm³/mol. The SMILES string of the molecule is CCn1c(C)c(/C=N\NC(=O)c2cc([N+](=O)[O-])ccc2OC)c2ccccc21. The minimum Gasteiger partial charge on any atom is -0.496 e. The standard InChI is InChI=1S/C20H20N4O4/c1-4-23-13(2)17(15-7-5-6-8-18(15)23)12-21-22-20(25)16-11-14(24(26)27)9-10-19(16)28-3/h5-12H,4H2,1-3H3,(H,22,25)/b21-12-. The van der Waals surface area contributed by atoms with E-state index in [4.69, 9.17) is 4.74 Å². The number of aromatic nitrogens is 1. The third-order valence-corrected chi connectivity index (χ3v) is 4.59. The van der Waals surface area contributed by atoms with Crippen molar-refractivity contribution in [3.05, 3.63) is 69.4 Å². The van der Waals surface area contributed by atoms with Crippen LogP contribution in [0.15, 0.2) is 47.6 Å². The molecule has 0 fully saturated rings. The summed E-state index contributed by atoms with van der Waals surface area (Å²) in [6, 6.07) is 11.8. The van der Waals surface area contributed by atoms with E-state index in [0.29, 0.717) is 0 Å². The fourth-order valence-corrected chi connectivity index (χ4v) is 3.23. The number of hydrogen-bond donors (Lipinski definition) is 1. The second-order valence-corrected chi connectivity index (χ2v) is 6.10. The lowest BCUT2D eigenvalue weighted by molar-refractivity contribution is -0.384. The number of aryl methyl sites for hydroxylation is 1. The third-order valence-electron chi connectivity index (χ3n) is 4.59. The van der Waals surface area contributed by atoms with Crippen LogP contribution in [-0.2, 0) is 6.54 Å². The number of ether oxygens (including phenoxy) is 1. The summed E-state index contributed by atoms with van der Waals surface area (Å²) in [7, 11) is 1.39. The molecule has 144 valence electrons. The number of carbonyl (C=O) groups is 1. The highest BCUT2D eigenvalue weighted by atomic mass is 16.6. The molecule has 8 heteroatoms. The number of para-hydroxylation sites is 1. The number of non-ortho nitro benzene ring substituents is 1. The maximum atomic E-state index is 12.5. The normalized spacial score (nSPS) is 11.1. The van der Waals surface area contributed by atoms with Gasteiger partial charge in [-0.15, -0.1) is 0 Å². The molecule has 0 spiro atoms. The average molecular weight is 380 g/mol. The molecule has 2 aromatic carbocycles. The molecule has 0 aliphatic rings. The minimum absolute atomic E-state index is 0.0431. The molecule has 0 saturated carbocycles. The summed E-state index contributed by atoms with van der Waals surface area (Å²) in [4.78, 5) is 22.9. The Labute approximate surface area is 161 Å². The lowest BCUT2D eigenvalue weighted by atomic mass is 10.1. The number of carbonyl (C=O) groups excluding carboxylic acids is 1. The molecule has 0 unspecified atom stereocenters. The molecule has 28 heavy (non-hydrogen) atoms. The molecule has 8 nitrogen and oxygen atoms in total. The van der Waals surface area contributed by atoms with Crippen LogP contribution in [-0.4, -0.2) is 28.7 Å². The summed E-state index contributed by atoms with van der Waals surface area (Å²) in [6.07, 6.45) is 1.59. The Morgan fingerprint density at radius 1 is 1.32 bits per heavy atom. The first kappa shape index (κ1) is 19.1. The Morgan fingerprint density at radius 3 is 2.75 bits per heavy atom. The number of amides is 1. The van der Waals surface area contributed by atoms with Gasteiger partial charge in [0.05, 0.1) is 23.8 Å². The van der Waals surface area contributed by atoms with Crippen LogP contribution in [0.25, 0.3) is 10.9 Å². The van der Waals surface area contributed by atoms with Crippen molar-refractivity contribution in [3.8, 4) is 5.75 Å². The van der Waals surface area contributed by atoms with Gasteiger partial charge in [-0.2, -0.15) is 5.10 Å². The first-order valence-corrected chi connectivity index (χ1v) is 8.71. The maximum Gasteiger partial charge on any atom is 0.275 e. The van der Waals surface area contributed by atoms with Crippen LogP contribution < -0.4 is 10.2 Å². The highest BCUT2D eigenvalue weighted by Crippen LogP contribution is 2.25. The maximum absolute atomic E-state index is 12.5. The fourth-order valence-electron chi connectivity index (χ4n) is 3.23. The van der Waals surface area contributed by atoms with Crippen molar-refractivity contribution in [1.29, 1.82) is 0 Å². The molecule has 0 atom stereocenters. The van der Waals surface area contributed by atoms with Crippen molar-refractivity contribution in [2.45, 2.75) is 20.4 Å². The van der Waals surface area contributed by atoms with E-state index in [0.717, 1.165) is 34.8 Å². The molecule has 0 radical (unpaired) electrons. The van der Waals surface area contributed by atoms with Gasteiger partial charge in [-0.05, 0) is 26.0 Å². The number of nitrogens with zero attached hydrogens (tertiary/aromatic N) is 3. The zero-order chi connectivity index (χ0) is 20.3. The van der Waals surface area contributed by atoms with Crippen LogP contribution in [0.2, 0.25) is 0 Å². The molecule has 1 heterocycles. The van der Waals surface area contributed by atoms with Gasteiger partial charge < -0.3 is 9.30 Å². The van der Waals surface area contributed by atoms with E-state index in [1.165, 1.54) is 19.2 Å². The molecular formula is C20H20N4O4. The van der Waals surface area contributed by atoms with Crippen molar-refractivity contribution in [2.75, 3.05) is 7.11 Å². The largest absolute Gasteiger partial charge is 0.496 e. The Bertz CT molecular complexity index is 1090. The van der Waals surface area contributed by atoms with E-state index in [2.05, 4.69) is 22.0 Å². The monoisotopic (exact) mass is 380 g/mol. The number of hydrogen-bond acceptors (Lipinski definition) is 5. The van der Waals surface area contributed by atoms with Gasteiger partial charge in [0.2, 0.25) is 0 Å². The van der Waals surface area contributed by atoms with Crippen LogP contribution >= 0.6 is 0 Å². The predicted octanol–water partition coefficient (Wildman–Crippen LogP) is 3.65. The Kier molecular flexibility index (Phi) is 5.39. The highest BCUT2D eigenvalue weighted by Gasteiger charge is 2.17. The zero-order valence-electron chi connectivity index (χ0n) is 15.8. The second-order valence-electron chi connectivity index (χ2n) is 6.10. The minimum atomic E-state index is -0.589. The number of fused-ring (bicyclic) bond motifs is 1. The van der Waals surface area contributed by atoms with Gasteiger partial charge in [-0.1, -0.05) is 18.2 Å². The molecule has 0 bridgehead atoms. The molecule has 1 amide bonds. The van der Waals surface area contributed by atoms with Crippen LogP contribution in [0.3, 0.4) is 0 Å². The van der Waals surface area contributed by atoms with E-state index in [9.17, 15) is 14.9 Å². The lowest BCUT2D eigenvalue weighted by Gasteiger charge is -2.06. The van der Waals surface area contributed by atoms with E-state index in [-0.39, 0.29) is 17.0 Å². The average Bonchev–Trinajstić information content (AvgIpc) is 2.98. The number of methoxy groups -OCH3 is 1. The van der Waals surface area contributed by atoms with Crippen LogP contribution in [0.1, 0.15) is 28.5 Å². The lowest BCUT2D eigenvalue weighted by Crippen LogP contribution is -2.18. The Balaban J connectivity index is 1.89. The van der Waals surface area contributed by atoms with Crippen LogP contribution in [0.4, 0.5) is 5.69 Å². The van der Waals surface area contributed by atoms with E-state index < -0.39 is 10.8 Å². The summed E-state index contributed by atoms with van der Waals surface area (Å²) in [5.41, 5.74) is 5.31. The van der Waals surface area contributed by atoms with Gasteiger partial charge in [0.1, 0.15) is 5.75 Å². The van der Waals surface area contributed by atoms with Gasteiger partial charge in [-0.25, -0.2) is 5.43 Å². The molecule has 0 aliphatic carbocycles. The van der Waals surface area contributed by atoms with E-state index in [1.54, 1.807) is 6.21 Å². The van der Waals surface area contributed by atoms with Gasteiger partial charge in [0, 0.05) is 40.8 Å². The molecule has 0 aliphatic heterocycles. The first-order chi connectivity index (χ1) is 13.5. The number of nitro groups is 1. The molecule has 3 rings (SSSR count). The highest BCUT2D eigenvalue weighted by molar-refractivity contribution is 6.02. The summed E-state index contributed by atoms with van der Waals surface area (Å²) in [5, 5.41) is 16.1. The third kappa shape index (κ3) is 3.44. The number of nitrogens with one attached hydrogen (secondary N) is 1. The smallest absolute Gasteiger partial charge is 0.275 e. The molecule has 1 N–H and O–H groups in total. The fraction of sp³-hybridized carbons (Fsp3) is 0.200. The van der Waals surface area contributed by atoms with E-state index >= 15 is 0 Å². The van der Waals surface area contributed by atoms with E-state index in [1.807, 2.05) is 31.2 Å². The van der Waals surface area contributed by atoms with Crippen molar-refractivity contribution in [2.24, 2.45) is 5.10 Å². The number of rotatable bonds is 6. The van der Waals surface area contributed by atoms with Crippen molar-refractivity contribution in [3.63, 3.8) is 0 Å². The number of benzene rings is 2. The second kappa shape index (κ2) is 7.91. The summed E-state index contributed by atoms with van der Waals surface area (Å²) < 4.78 is 7.29.